The van der Waals surface area contributed by atoms with E-state index in [1.165, 1.54) is 7.11 Å². The molecule has 0 bridgehead atoms. The lowest BCUT2D eigenvalue weighted by Crippen LogP contribution is -2.64. The first-order valence-electron chi connectivity index (χ1n) is 10.7. The zero-order valence-corrected chi connectivity index (χ0v) is 21.8. The quantitative estimate of drug-likeness (QED) is 0.462. The molecule has 0 unspecified atom stereocenters. The van der Waals surface area contributed by atoms with Gasteiger partial charge in [-0.2, -0.15) is 8.42 Å². The van der Waals surface area contributed by atoms with E-state index in [1.54, 1.807) is 48.5 Å². The van der Waals surface area contributed by atoms with Crippen molar-refractivity contribution in [3.63, 3.8) is 0 Å². The van der Waals surface area contributed by atoms with Crippen LogP contribution in [0.3, 0.4) is 0 Å². The van der Waals surface area contributed by atoms with Crippen molar-refractivity contribution in [3.05, 3.63) is 60.2 Å². The molecule has 2 heterocycles. The van der Waals surface area contributed by atoms with Gasteiger partial charge < -0.3 is 28.8 Å². The zero-order valence-electron chi connectivity index (χ0n) is 18.7. The van der Waals surface area contributed by atoms with Gasteiger partial charge in [-0.1, -0.05) is 65.1 Å². The van der Waals surface area contributed by atoms with E-state index in [9.17, 15) is 13.5 Å². The van der Waals surface area contributed by atoms with Crippen LogP contribution in [0.15, 0.2) is 54.6 Å². The zero-order chi connectivity index (χ0) is 25.9. The molecule has 0 amide bonds. The van der Waals surface area contributed by atoms with E-state index in [4.69, 9.17) is 62.7 Å². The Hall–Kier alpha value is -1.38. The maximum Gasteiger partial charge on any atom is 0.400 e. The van der Waals surface area contributed by atoms with Crippen LogP contribution in [0.5, 0.6) is 11.5 Å². The highest BCUT2D eigenvalue weighted by Crippen LogP contribution is 2.37. The fourth-order valence-electron chi connectivity index (χ4n) is 3.64. The summed E-state index contributed by atoms with van der Waals surface area (Å²) in [5.74, 6) is 0.916. The topological polar surface area (TPSA) is 119 Å². The SMILES string of the molecule is COc1ccc(O[C@@H]2O[C@@H]3CO[C@@H](c4ccccc4)O[C@@H]3[C@H](OS(=O)(=O)OCC(Cl)(Cl)Cl)[C@H]2O)cc1. The molecule has 10 nitrogen and oxygen atoms in total. The molecule has 2 saturated heterocycles. The Balaban J connectivity index is 1.56. The molecule has 0 spiro atoms. The number of methoxy groups -OCH3 is 1. The molecule has 198 valence electrons. The highest BCUT2D eigenvalue weighted by Gasteiger charge is 2.53. The van der Waals surface area contributed by atoms with Crippen molar-refractivity contribution in [1.82, 2.24) is 0 Å². The molecule has 0 aromatic heterocycles. The summed E-state index contributed by atoms with van der Waals surface area (Å²) in [6.45, 7) is -0.815. The molecule has 0 saturated carbocycles. The van der Waals surface area contributed by atoms with Gasteiger partial charge in [-0.15, -0.1) is 0 Å². The molecule has 4 rings (SSSR count). The first-order valence-corrected chi connectivity index (χ1v) is 13.1. The number of alkyl halides is 3. The first kappa shape index (κ1) is 27.6. The average Bonchev–Trinajstić information content (AvgIpc) is 2.86. The minimum Gasteiger partial charge on any atom is -0.497 e. The fourth-order valence-corrected chi connectivity index (χ4v) is 4.87. The van der Waals surface area contributed by atoms with Crippen LogP contribution < -0.4 is 9.47 Å². The predicted molar refractivity (Wildman–Crippen MR) is 128 cm³/mol. The maximum atomic E-state index is 12.5. The monoisotopic (exact) mass is 584 g/mol. The molecule has 36 heavy (non-hydrogen) atoms. The van der Waals surface area contributed by atoms with E-state index in [1.807, 2.05) is 6.07 Å². The van der Waals surface area contributed by atoms with Gasteiger partial charge >= 0.3 is 10.4 Å². The number of hydrogen-bond donors (Lipinski definition) is 1. The van der Waals surface area contributed by atoms with Gasteiger partial charge in [-0.05, 0) is 24.3 Å². The summed E-state index contributed by atoms with van der Waals surface area (Å²) in [5, 5.41) is 11.1. The van der Waals surface area contributed by atoms with Crippen LogP contribution in [0, 0.1) is 0 Å². The van der Waals surface area contributed by atoms with Crippen LogP contribution in [0.4, 0.5) is 0 Å². The third-order valence-corrected chi connectivity index (χ3v) is 6.48. The molecule has 2 aliphatic heterocycles. The van der Waals surface area contributed by atoms with Gasteiger partial charge in [-0.3, -0.25) is 0 Å². The minimum absolute atomic E-state index is 0.00562. The Morgan fingerprint density at radius 1 is 1.03 bits per heavy atom. The number of aliphatic hydroxyl groups is 1. The molecule has 2 aliphatic rings. The maximum absolute atomic E-state index is 12.5. The number of rotatable bonds is 8. The largest absolute Gasteiger partial charge is 0.497 e. The number of ether oxygens (including phenoxy) is 5. The van der Waals surface area contributed by atoms with Crippen molar-refractivity contribution in [3.8, 4) is 11.5 Å². The third-order valence-electron chi connectivity index (χ3n) is 5.29. The smallest absolute Gasteiger partial charge is 0.400 e. The summed E-state index contributed by atoms with van der Waals surface area (Å²) in [7, 11) is -3.23. The van der Waals surface area contributed by atoms with Crippen molar-refractivity contribution >= 4 is 45.2 Å². The van der Waals surface area contributed by atoms with E-state index in [0.29, 0.717) is 17.1 Å². The molecule has 1 N–H and O–H groups in total. The van der Waals surface area contributed by atoms with Gasteiger partial charge in [0, 0.05) is 5.56 Å². The summed E-state index contributed by atoms with van der Waals surface area (Å²) < 4.78 is 61.5. The molecule has 6 atom stereocenters. The Morgan fingerprint density at radius 2 is 1.69 bits per heavy atom. The normalized spacial score (nSPS) is 28.8. The lowest BCUT2D eigenvalue weighted by atomic mass is 9.98. The Bertz CT molecular complexity index is 1100. The van der Waals surface area contributed by atoms with Crippen LogP contribution in [0.25, 0.3) is 0 Å². The van der Waals surface area contributed by atoms with Gasteiger partial charge in [0.1, 0.15) is 42.5 Å². The van der Waals surface area contributed by atoms with Gasteiger partial charge in [0.15, 0.2) is 6.29 Å². The second kappa shape index (κ2) is 11.6. The fraction of sp³-hybridized carbons (Fsp3) is 0.455. The number of halogens is 3. The van der Waals surface area contributed by atoms with Crippen LogP contribution in [-0.4, -0.2) is 68.3 Å². The number of benzene rings is 2. The highest BCUT2D eigenvalue weighted by molar-refractivity contribution is 7.81. The van der Waals surface area contributed by atoms with Crippen molar-refractivity contribution in [2.24, 2.45) is 0 Å². The number of aliphatic hydroxyl groups excluding tert-OH is 1. The van der Waals surface area contributed by atoms with Crippen LogP contribution in [-0.2, 0) is 33.0 Å². The van der Waals surface area contributed by atoms with Crippen LogP contribution in [0.2, 0.25) is 0 Å². The molecule has 0 radical (unpaired) electrons. The standard InChI is InChI=1S/C22H23Cl3O10S/c1-29-14-7-9-15(10-8-14)32-21-17(26)19(35-36(27,28)31-12-22(23,24)25)18-16(33-21)11-30-20(34-18)13-5-3-2-4-6-13/h2-10,16-21,26H,11-12H2,1H3/t16-,17-,18+,19-,20-,21-/m1/s1. The Labute approximate surface area is 223 Å². The van der Waals surface area contributed by atoms with Crippen LogP contribution >= 0.6 is 34.8 Å². The lowest BCUT2D eigenvalue weighted by molar-refractivity contribution is -0.346. The lowest BCUT2D eigenvalue weighted by Gasteiger charge is -2.47. The molecule has 14 heteroatoms. The van der Waals surface area contributed by atoms with E-state index in [-0.39, 0.29) is 6.61 Å². The number of fused-ring (bicyclic) bond motifs is 1. The molecule has 2 aromatic rings. The molecular weight excluding hydrogens is 563 g/mol. The van der Waals surface area contributed by atoms with Crippen molar-refractivity contribution in [2.75, 3.05) is 20.3 Å². The second-order valence-corrected chi connectivity index (χ2v) is 11.6. The minimum atomic E-state index is -4.75. The van der Waals surface area contributed by atoms with E-state index >= 15 is 0 Å². The number of hydrogen-bond acceptors (Lipinski definition) is 10. The molecule has 2 fully saturated rings. The summed E-state index contributed by atoms with van der Waals surface area (Å²) in [6, 6.07) is 15.4. The second-order valence-electron chi connectivity index (χ2n) is 7.85. The summed E-state index contributed by atoms with van der Waals surface area (Å²) >= 11 is 16.8. The van der Waals surface area contributed by atoms with E-state index < -0.39 is 57.8 Å². The summed E-state index contributed by atoms with van der Waals surface area (Å²) in [6.07, 6.45) is -7.28. The van der Waals surface area contributed by atoms with Crippen molar-refractivity contribution in [1.29, 1.82) is 0 Å². The molecule has 2 aromatic carbocycles. The molecule has 0 aliphatic carbocycles. The summed E-state index contributed by atoms with van der Waals surface area (Å²) in [5.41, 5.74) is 0.677. The Morgan fingerprint density at radius 3 is 2.33 bits per heavy atom. The average molecular weight is 586 g/mol. The van der Waals surface area contributed by atoms with Crippen molar-refractivity contribution in [2.45, 2.75) is 40.8 Å². The van der Waals surface area contributed by atoms with Crippen LogP contribution in [0.1, 0.15) is 11.9 Å². The van der Waals surface area contributed by atoms with Gasteiger partial charge in [0.25, 0.3) is 0 Å². The first-order chi connectivity index (χ1) is 17.0. The molecular formula is C22H23Cl3O10S. The van der Waals surface area contributed by atoms with E-state index in [2.05, 4.69) is 4.18 Å². The van der Waals surface area contributed by atoms with Crippen molar-refractivity contribution < 1.29 is 45.6 Å². The highest BCUT2D eigenvalue weighted by atomic mass is 35.6. The van der Waals surface area contributed by atoms with Gasteiger partial charge in [-0.25, -0.2) is 8.37 Å². The van der Waals surface area contributed by atoms with Gasteiger partial charge in [0.2, 0.25) is 10.1 Å². The summed E-state index contributed by atoms with van der Waals surface area (Å²) in [4.78, 5) is 0. The third kappa shape index (κ3) is 7.13. The van der Waals surface area contributed by atoms with E-state index in [0.717, 1.165) is 0 Å². The Kier molecular flexibility index (Phi) is 8.88. The predicted octanol–water partition coefficient (Wildman–Crippen LogP) is 3.29. The van der Waals surface area contributed by atoms with Gasteiger partial charge in [0.05, 0.1) is 13.7 Å².